The molecule has 0 radical (unpaired) electrons. The average Bonchev–Trinajstić information content (AvgIpc) is 2.57. The van der Waals surface area contributed by atoms with Crippen molar-refractivity contribution < 1.29 is 9.64 Å². The van der Waals surface area contributed by atoms with Crippen molar-refractivity contribution in [3.05, 3.63) is 24.3 Å². The standard InChI is InChI=1S/C17H25N3OS/c1-2-21-16-11-7-6-10-15(16)20-13-19(12-18-17(20)22)14-8-4-3-5-9-14/h6-7,10-11,14H,2-5,8-9,12-13H2,1H3,(H,18,22)/p+1. The third-order valence-electron chi connectivity index (χ3n) is 4.71. The van der Waals surface area contributed by atoms with Gasteiger partial charge in [0.2, 0.25) is 0 Å². The van der Waals surface area contributed by atoms with Gasteiger partial charge in [-0.3, -0.25) is 9.80 Å². The first-order valence-electron chi connectivity index (χ1n) is 8.41. The van der Waals surface area contributed by atoms with Crippen LogP contribution in [0.2, 0.25) is 0 Å². The molecule has 1 aromatic rings. The van der Waals surface area contributed by atoms with Crippen LogP contribution >= 0.6 is 12.2 Å². The van der Waals surface area contributed by atoms with E-state index in [0.717, 1.165) is 35.9 Å². The molecule has 5 heteroatoms. The highest BCUT2D eigenvalue weighted by Gasteiger charge is 2.32. The van der Waals surface area contributed by atoms with Crippen LogP contribution in [-0.2, 0) is 0 Å². The zero-order valence-corrected chi connectivity index (χ0v) is 14.1. The van der Waals surface area contributed by atoms with E-state index in [1.165, 1.54) is 32.1 Å². The molecular weight excluding hydrogens is 294 g/mol. The van der Waals surface area contributed by atoms with Gasteiger partial charge < -0.3 is 10.1 Å². The molecule has 1 aliphatic heterocycles. The Morgan fingerprint density at radius 1 is 1.27 bits per heavy atom. The Bertz CT molecular complexity index is 516. The molecule has 2 aliphatic rings. The minimum absolute atomic E-state index is 0.671. The van der Waals surface area contributed by atoms with Crippen LogP contribution < -0.4 is 19.9 Å². The van der Waals surface area contributed by atoms with Crippen molar-refractivity contribution in [2.24, 2.45) is 0 Å². The summed E-state index contributed by atoms with van der Waals surface area (Å²) in [6.45, 7) is 4.56. The largest absolute Gasteiger partial charge is 0.492 e. The predicted octanol–water partition coefficient (Wildman–Crippen LogP) is 1.91. The van der Waals surface area contributed by atoms with Gasteiger partial charge in [-0.2, -0.15) is 0 Å². The zero-order valence-electron chi connectivity index (χ0n) is 13.3. The van der Waals surface area contributed by atoms with Crippen molar-refractivity contribution in [1.29, 1.82) is 0 Å². The normalized spacial score (nSPS) is 23.2. The smallest absolute Gasteiger partial charge is 0.182 e. The van der Waals surface area contributed by atoms with E-state index < -0.39 is 0 Å². The van der Waals surface area contributed by atoms with Crippen molar-refractivity contribution in [1.82, 2.24) is 5.32 Å². The molecule has 1 aliphatic carbocycles. The molecular formula is C17H26N3OS+. The fraction of sp³-hybridized carbons (Fsp3) is 0.588. The van der Waals surface area contributed by atoms with Crippen LogP contribution in [0.5, 0.6) is 5.75 Å². The molecule has 1 aromatic carbocycles. The van der Waals surface area contributed by atoms with Gasteiger partial charge in [-0.15, -0.1) is 0 Å². The number of para-hydroxylation sites is 2. The minimum atomic E-state index is 0.671. The predicted molar refractivity (Wildman–Crippen MR) is 93.4 cm³/mol. The fourth-order valence-electron chi connectivity index (χ4n) is 3.55. The van der Waals surface area contributed by atoms with Gasteiger partial charge in [-0.05, 0) is 57.0 Å². The molecule has 1 saturated carbocycles. The molecule has 2 N–H and O–H groups in total. The lowest BCUT2D eigenvalue weighted by Crippen LogP contribution is -3.20. The second kappa shape index (κ2) is 7.29. The monoisotopic (exact) mass is 320 g/mol. The number of nitrogens with one attached hydrogen (secondary N) is 2. The highest BCUT2D eigenvalue weighted by Crippen LogP contribution is 2.28. The van der Waals surface area contributed by atoms with Crippen molar-refractivity contribution in [2.45, 2.75) is 45.1 Å². The highest BCUT2D eigenvalue weighted by atomic mass is 32.1. The fourth-order valence-corrected chi connectivity index (χ4v) is 3.79. The molecule has 4 nitrogen and oxygen atoms in total. The number of rotatable bonds is 4. The average molecular weight is 320 g/mol. The first-order valence-corrected chi connectivity index (χ1v) is 8.82. The van der Waals surface area contributed by atoms with Gasteiger partial charge in [0.05, 0.1) is 18.3 Å². The van der Waals surface area contributed by atoms with Crippen molar-refractivity contribution in [2.75, 3.05) is 24.8 Å². The first kappa shape index (κ1) is 15.6. The summed E-state index contributed by atoms with van der Waals surface area (Å²) in [6, 6.07) is 8.95. The first-order chi connectivity index (χ1) is 10.8. The third-order valence-corrected chi connectivity index (χ3v) is 5.08. The summed E-state index contributed by atoms with van der Waals surface area (Å²) in [7, 11) is 0. The van der Waals surface area contributed by atoms with E-state index in [9.17, 15) is 0 Å². The summed E-state index contributed by atoms with van der Waals surface area (Å²) >= 11 is 5.55. The van der Waals surface area contributed by atoms with Gasteiger partial charge in [-0.25, -0.2) is 0 Å². The summed E-state index contributed by atoms with van der Waals surface area (Å²) in [5, 5.41) is 4.22. The van der Waals surface area contributed by atoms with Gasteiger partial charge >= 0.3 is 0 Å². The Kier molecular flexibility index (Phi) is 5.16. The maximum Gasteiger partial charge on any atom is 0.182 e. The second-order valence-electron chi connectivity index (χ2n) is 6.14. The Labute approximate surface area is 138 Å². The van der Waals surface area contributed by atoms with Gasteiger partial charge in [0.1, 0.15) is 5.75 Å². The molecule has 1 unspecified atom stereocenters. The molecule has 1 heterocycles. The van der Waals surface area contributed by atoms with E-state index in [-0.39, 0.29) is 0 Å². The highest BCUT2D eigenvalue weighted by molar-refractivity contribution is 7.80. The molecule has 0 amide bonds. The van der Waals surface area contributed by atoms with E-state index in [1.54, 1.807) is 4.90 Å². The summed E-state index contributed by atoms with van der Waals surface area (Å²) in [5.74, 6) is 0.916. The quantitative estimate of drug-likeness (QED) is 0.830. The molecule has 1 atom stereocenters. The summed E-state index contributed by atoms with van der Waals surface area (Å²) in [4.78, 5) is 3.80. The Morgan fingerprint density at radius 2 is 2.05 bits per heavy atom. The molecule has 120 valence electrons. The van der Waals surface area contributed by atoms with Crippen LogP contribution in [0.3, 0.4) is 0 Å². The lowest BCUT2D eigenvalue weighted by Gasteiger charge is -2.40. The molecule has 0 bridgehead atoms. The van der Waals surface area contributed by atoms with Crippen LogP contribution in [0, 0.1) is 0 Å². The van der Waals surface area contributed by atoms with Gasteiger partial charge in [0.25, 0.3) is 0 Å². The van der Waals surface area contributed by atoms with E-state index >= 15 is 0 Å². The SMILES string of the molecule is CCOc1ccccc1N1C[NH+](C2CCCCC2)CNC1=S. The number of anilines is 1. The lowest BCUT2D eigenvalue weighted by atomic mass is 9.94. The number of hydrogen-bond donors (Lipinski definition) is 2. The van der Waals surface area contributed by atoms with Crippen LogP contribution in [0.4, 0.5) is 5.69 Å². The van der Waals surface area contributed by atoms with E-state index in [2.05, 4.69) is 22.3 Å². The molecule has 3 rings (SSSR count). The molecule has 22 heavy (non-hydrogen) atoms. The van der Waals surface area contributed by atoms with Crippen LogP contribution in [0.25, 0.3) is 0 Å². The Morgan fingerprint density at radius 3 is 2.82 bits per heavy atom. The topological polar surface area (TPSA) is 28.9 Å². The van der Waals surface area contributed by atoms with Gasteiger partial charge in [0.15, 0.2) is 18.4 Å². The third kappa shape index (κ3) is 3.36. The Balaban J connectivity index is 1.78. The number of ether oxygens (including phenoxy) is 1. The number of thiocarbonyl (C=S) groups is 1. The lowest BCUT2D eigenvalue weighted by molar-refractivity contribution is -0.929. The van der Waals surface area contributed by atoms with Gasteiger partial charge in [-0.1, -0.05) is 18.6 Å². The number of nitrogens with zero attached hydrogens (tertiary/aromatic N) is 1. The number of hydrogen-bond acceptors (Lipinski definition) is 2. The van der Waals surface area contributed by atoms with Crippen molar-refractivity contribution in [3.8, 4) is 5.75 Å². The zero-order chi connectivity index (χ0) is 15.4. The maximum absolute atomic E-state index is 5.78. The number of benzene rings is 1. The summed E-state index contributed by atoms with van der Waals surface area (Å²) in [6.07, 6.45) is 6.81. The minimum Gasteiger partial charge on any atom is -0.492 e. The molecule has 2 fully saturated rings. The van der Waals surface area contributed by atoms with E-state index in [0.29, 0.717) is 6.61 Å². The number of quaternary nitrogens is 1. The van der Waals surface area contributed by atoms with Crippen LogP contribution in [-0.4, -0.2) is 31.1 Å². The van der Waals surface area contributed by atoms with Crippen molar-refractivity contribution in [3.63, 3.8) is 0 Å². The molecule has 0 spiro atoms. The van der Waals surface area contributed by atoms with Crippen LogP contribution in [0.1, 0.15) is 39.0 Å². The molecule has 0 aromatic heterocycles. The van der Waals surface area contributed by atoms with E-state index in [4.69, 9.17) is 17.0 Å². The van der Waals surface area contributed by atoms with Gasteiger partial charge in [0, 0.05) is 0 Å². The summed E-state index contributed by atoms with van der Waals surface area (Å²) in [5.41, 5.74) is 1.08. The maximum atomic E-state index is 5.78. The Hall–Kier alpha value is -1.33. The van der Waals surface area contributed by atoms with Crippen LogP contribution in [0.15, 0.2) is 24.3 Å². The van der Waals surface area contributed by atoms with Crippen molar-refractivity contribution >= 4 is 23.0 Å². The summed E-state index contributed by atoms with van der Waals surface area (Å²) < 4.78 is 5.78. The van der Waals surface area contributed by atoms with E-state index in [1.807, 2.05) is 19.1 Å². The second-order valence-corrected chi connectivity index (χ2v) is 6.53. The molecule has 1 saturated heterocycles.